The molecule has 0 bridgehead atoms. The van der Waals surface area contributed by atoms with E-state index in [1.165, 1.54) is 30.5 Å². The third-order valence-electron chi connectivity index (χ3n) is 4.57. The number of carbonyl (C=O) groups excluding carboxylic acids is 1. The Morgan fingerprint density at radius 3 is 2.61 bits per heavy atom. The van der Waals surface area contributed by atoms with Crippen molar-refractivity contribution < 1.29 is 17.6 Å². The lowest BCUT2D eigenvalue weighted by Crippen LogP contribution is -2.22. The second-order valence-corrected chi connectivity index (χ2v) is 9.54. The Kier molecular flexibility index (Phi) is 6.52. The molecule has 0 saturated heterocycles. The van der Waals surface area contributed by atoms with Crippen LogP contribution in [0.2, 0.25) is 10.0 Å². The number of furan rings is 1. The Hall–Kier alpha value is -3.18. The van der Waals surface area contributed by atoms with Crippen LogP contribution in [0.3, 0.4) is 0 Å². The van der Waals surface area contributed by atoms with Crippen LogP contribution in [0.5, 0.6) is 0 Å². The molecule has 0 atom stereocenters. The van der Waals surface area contributed by atoms with E-state index >= 15 is 0 Å². The topological polar surface area (TPSA) is 118 Å². The predicted octanol–water partition coefficient (Wildman–Crippen LogP) is 3.78. The number of nitrogens with zero attached hydrogens (tertiary/aromatic N) is 3. The number of aromatic nitrogens is 2. The number of fused-ring (bicyclic) bond motifs is 1. The number of hydrogen-bond donors (Lipinski definition) is 2. The number of nitrogens with one attached hydrogen (secondary N) is 2. The number of hydrazone groups is 1. The molecule has 1 amide bonds. The zero-order chi connectivity index (χ0) is 23.6. The normalized spacial score (nSPS) is 12.0. The van der Waals surface area contributed by atoms with Gasteiger partial charge >= 0.3 is 0 Å². The first-order valence-electron chi connectivity index (χ1n) is 9.54. The highest BCUT2D eigenvalue weighted by molar-refractivity contribution is 7.89. The number of amides is 1. The van der Waals surface area contributed by atoms with Crippen molar-refractivity contribution in [3.63, 3.8) is 0 Å². The van der Waals surface area contributed by atoms with Gasteiger partial charge in [-0.25, -0.2) is 23.5 Å². The second-order valence-electron chi connectivity index (χ2n) is 6.90. The Morgan fingerprint density at radius 1 is 1.12 bits per heavy atom. The summed E-state index contributed by atoms with van der Waals surface area (Å²) in [5.74, 6) is 0.225. The number of aryl methyl sites for hydroxylation is 1. The monoisotopic (exact) mass is 505 g/mol. The summed E-state index contributed by atoms with van der Waals surface area (Å²) in [6, 6.07) is 12.4. The zero-order valence-electron chi connectivity index (χ0n) is 17.1. The van der Waals surface area contributed by atoms with Gasteiger partial charge in [-0.3, -0.25) is 9.20 Å². The van der Waals surface area contributed by atoms with Crippen LogP contribution in [0.15, 0.2) is 69.1 Å². The number of pyridine rings is 1. The molecule has 33 heavy (non-hydrogen) atoms. The molecular formula is C21H17Cl2N5O4S. The first-order chi connectivity index (χ1) is 15.7. The standard InChI is InChI=1S/C21H17Cl2N5O4S/c1-13-20(28-12-15(23)4-9-19(28)26-13)21(29)27-24-10-16-5-6-17(32-16)11-25-33(30,31)18-7-2-14(22)3-8-18/h2-10,12,25H,11H2,1H3,(H,27,29)/b24-10+. The van der Waals surface area contributed by atoms with Crippen molar-refractivity contribution in [2.24, 2.45) is 5.10 Å². The lowest BCUT2D eigenvalue weighted by atomic mass is 10.3. The average Bonchev–Trinajstić information content (AvgIpc) is 3.35. The number of rotatable bonds is 7. The van der Waals surface area contributed by atoms with Gasteiger partial charge in [-0.05, 0) is 55.5 Å². The summed E-state index contributed by atoms with van der Waals surface area (Å²) in [5.41, 5.74) is 3.84. The van der Waals surface area contributed by atoms with Gasteiger partial charge in [0.05, 0.1) is 28.4 Å². The molecule has 12 heteroatoms. The van der Waals surface area contributed by atoms with Crippen molar-refractivity contribution in [2.45, 2.75) is 18.4 Å². The van der Waals surface area contributed by atoms with Crippen LogP contribution in [0.25, 0.3) is 5.65 Å². The molecule has 3 aromatic heterocycles. The van der Waals surface area contributed by atoms with Gasteiger partial charge in [0, 0.05) is 11.2 Å². The van der Waals surface area contributed by atoms with Gasteiger partial charge in [0.15, 0.2) is 0 Å². The fourth-order valence-corrected chi connectivity index (χ4v) is 4.32. The molecule has 0 aliphatic carbocycles. The van der Waals surface area contributed by atoms with Crippen LogP contribution in [-0.4, -0.2) is 29.9 Å². The van der Waals surface area contributed by atoms with Crippen molar-refractivity contribution in [3.8, 4) is 0 Å². The molecule has 0 aliphatic heterocycles. The van der Waals surface area contributed by atoms with Crippen LogP contribution in [0.4, 0.5) is 0 Å². The number of benzene rings is 1. The summed E-state index contributed by atoms with van der Waals surface area (Å²) in [5, 5.41) is 4.81. The van der Waals surface area contributed by atoms with Crippen LogP contribution in [-0.2, 0) is 16.6 Å². The minimum absolute atomic E-state index is 0.0626. The Balaban J connectivity index is 1.38. The first kappa shape index (κ1) is 23.0. The number of imidazole rings is 1. The fraction of sp³-hybridized carbons (Fsp3) is 0.0952. The van der Waals surface area contributed by atoms with Crippen LogP contribution < -0.4 is 10.1 Å². The highest BCUT2D eigenvalue weighted by atomic mass is 35.5. The van der Waals surface area contributed by atoms with Crippen molar-refractivity contribution in [1.29, 1.82) is 0 Å². The molecule has 0 unspecified atom stereocenters. The lowest BCUT2D eigenvalue weighted by molar-refractivity contribution is 0.0948. The van der Waals surface area contributed by atoms with Crippen LogP contribution in [0, 0.1) is 6.92 Å². The summed E-state index contributed by atoms with van der Waals surface area (Å²) >= 11 is 11.8. The lowest BCUT2D eigenvalue weighted by Gasteiger charge is -2.05. The van der Waals surface area contributed by atoms with E-state index in [0.717, 1.165) is 0 Å². The molecule has 0 aliphatic rings. The van der Waals surface area contributed by atoms with Crippen molar-refractivity contribution in [2.75, 3.05) is 0 Å². The third kappa shape index (κ3) is 5.25. The smallest absolute Gasteiger partial charge is 0.290 e. The Bertz CT molecular complexity index is 1460. The van der Waals surface area contributed by atoms with E-state index in [2.05, 4.69) is 20.2 Å². The van der Waals surface area contributed by atoms with E-state index in [4.69, 9.17) is 27.6 Å². The second kappa shape index (κ2) is 9.36. The van der Waals surface area contributed by atoms with Crippen LogP contribution >= 0.6 is 23.2 Å². The zero-order valence-corrected chi connectivity index (χ0v) is 19.4. The first-order valence-corrected chi connectivity index (χ1v) is 11.8. The van der Waals surface area contributed by atoms with Gasteiger partial charge in [0.2, 0.25) is 10.0 Å². The Labute approximate surface area is 199 Å². The average molecular weight is 506 g/mol. The SMILES string of the molecule is Cc1nc2ccc(Cl)cn2c1C(=O)N/N=C/c1ccc(CNS(=O)(=O)c2ccc(Cl)cc2)o1. The van der Waals surface area contributed by atoms with E-state index in [1.807, 2.05) is 0 Å². The van der Waals surface area contributed by atoms with Crippen molar-refractivity contribution >= 4 is 51.0 Å². The maximum Gasteiger partial charge on any atom is 0.290 e. The molecule has 3 heterocycles. The molecule has 170 valence electrons. The number of carbonyl (C=O) groups is 1. The van der Waals surface area contributed by atoms with E-state index in [9.17, 15) is 13.2 Å². The van der Waals surface area contributed by atoms with E-state index in [0.29, 0.717) is 38.6 Å². The molecule has 0 fully saturated rings. The molecular weight excluding hydrogens is 489 g/mol. The summed E-state index contributed by atoms with van der Waals surface area (Å²) in [6.45, 7) is 1.65. The molecule has 4 rings (SSSR count). The minimum Gasteiger partial charge on any atom is -0.459 e. The molecule has 9 nitrogen and oxygen atoms in total. The Morgan fingerprint density at radius 2 is 1.85 bits per heavy atom. The third-order valence-corrected chi connectivity index (χ3v) is 6.47. The molecule has 0 saturated carbocycles. The maximum absolute atomic E-state index is 12.6. The highest BCUT2D eigenvalue weighted by Gasteiger charge is 2.17. The number of sulfonamides is 1. The predicted molar refractivity (Wildman–Crippen MR) is 124 cm³/mol. The summed E-state index contributed by atoms with van der Waals surface area (Å²) in [4.78, 5) is 17.0. The van der Waals surface area contributed by atoms with Gasteiger partial charge in [-0.1, -0.05) is 23.2 Å². The summed E-state index contributed by atoms with van der Waals surface area (Å²) < 4.78 is 34.2. The molecule has 1 aromatic carbocycles. The van der Waals surface area contributed by atoms with Gasteiger partial charge in [0.1, 0.15) is 22.9 Å². The van der Waals surface area contributed by atoms with Crippen molar-refractivity contribution in [3.05, 3.63) is 87.7 Å². The molecule has 4 aromatic rings. The van der Waals surface area contributed by atoms with E-state index in [-0.39, 0.29) is 11.4 Å². The molecule has 2 N–H and O–H groups in total. The quantitative estimate of drug-likeness (QED) is 0.292. The van der Waals surface area contributed by atoms with Crippen LogP contribution in [0.1, 0.15) is 27.7 Å². The highest BCUT2D eigenvalue weighted by Crippen LogP contribution is 2.17. The number of hydrogen-bond acceptors (Lipinski definition) is 6. The summed E-state index contributed by atoms with van der Waals surface area (Å²) in [6.07, 6.45) is 2.90. The van der Waals surface area contributed by atoms with Gasteiger partial charge in [-0.2, -0.15) is 5.10 Å². The molecule has 0 radical (unpaired) electrons. The maximum atomic E-state index is 12.6. The number of halogens is 2. The molecule has 0 spiro atoms. The van der Waals surface area contributed by atoms with Gasteiger partial charge in [0.25, 0.3) is 5.91 Å². The van der Waals surface area contributed by atoms with Gasteiger partial charge < -0.3 is 4.42 Å². The van der Waals surface area contributed by atoms with Gasteiger partial charge in [-0.15, -0.1) is 0 Å². The summed E-state index contributed by atoms with van der Waals surface area (Å²) in [7, 11) is -3.72. The van der Waals surface area contributed by atoms with E-state index < -0.39 is 15.9 Å². The van der Waals surface area contributed by atoms with Crippen molar-refractivity contribution in [1.82, 2.24) is 19.5 Å². The minimum atomic E-state index is -3.72. The fourth-order valence-electron chi connectivity index (χ4n) is 3.04. The van der Waals surface area contributed by atoms with E-state index in [1.54, 1.807) is 41.8 Å². The largest absolute Gasteiger partial charge is 0.459 e.